The fourth-order valence-corrected chi connectivity index (χ4v) is 1.63. The number of fused-ring (bicyclic) bond motifs is 1. The van der Waals surface area contributed by atoms with Crippen LogP contribution in [-0.2, 0) is 0 Å². The van der Waals surface area contributed by atoms with Crippen LogP contribution in [0.5, 0.6) is 0 Å². The second-order valence-corrected chi connectivity index (χ2v) is 4.91. The van der Waals surface area contributed by atoms with E-state index in [1.54, 1.807) is 0 Å². The maximum atomic E-state index is 8.60. The molecule has 0 amide bonds. The lowest BCUT2D eigenvalue weighted by molar-refractivity contribution is -1.92. The molecule has 1 aromatic rings. The van der Waals surface area contributed by atoms with Gasteiger partial charge in [0.2, 0.25) is 0 Å². The Hall–Kier alpha value is -1.44. The minimum Gasteiger partial charge on any atom is -0.357 e. The first-order chi connectivity index (χ1) is 8.65. The summed E-state index contributed by atoms with van der Waals surface area (Å²) in [6.45, 7) is 6.15. The highest BCUT2D eigenvalue weighted by atomic mass is 35.7. The number of nitrogens with one attached hydrogen (secondary N) is 1. The summed E-state index contributed by atoms with van der Waals surface area (Å²) in [6, 6.07) is 6.25. The molecule has 2 rings (SSSR count). The fourth-order valence-electron chi connectivity index (χ4n) is 1.63. The zero-order chi connectivity index (χ0) is 14.6. The van der Waals surface area contributed by atoms with Gasteiger partial charge in [-0.05, 0) is 44.5 Å². The van der Waals surface area contributed by atoms with Gasteiger partial charge in [-0.15, -0.1) is 0 Å². The number of rotatable bonds is 0. The highest BCUT2D eigenvalue weighted by Crippen LogP contribution is 2.29. The number of aryl methyl sites for hydroxylation is 1. The van der Waals surface area contributed by atoms with Crippen molar-refractivity contribution in [3.63, 3.8) is 0 Å². The summed E-state index contributed by atoms with van der Waals surface area (Å²) in [7, 11) is -4.69. The lowest BCUT2D eigenvalue weighted by Crippen LogP contribution is -2.58. The number of nitrogens with zero attached hydrogens (tertiary/aromatic N) is 1. The van der Waals surface area contributed by atoms with Crippen LogP contribution in [0.25, 0.3) is 0 Å². The Balaban J connectivity index is 0.000000312. The van der Waals surface area contributed by atoms with Crippen molar-refractivity contribution in [2.45, 2.75) is 20.8 Å². The Morgan fingerprint density at radius 3 is 2.32 bits per heavy atom. The van der Waals surface area contributed by atoms with Gasteiger partial charge in [0.25, 0.3) is 0 Å². The molecule has 0 aromatic heterocycles. The molecule has 7 heteroatoms. The normalized spacial score (nSPS) is 14.1. The van der Waals surface area contributed by atoms with Gasteiger partial charge in [-0.3, -0.25) is 4.99 Å². The number of hydrogen-bond donors (Lipinski definition) is 2. The van der Waals surface area contributed by atoms with E-state index in [0.717, 1.165) is 22.8 Å². The molecule has 0 unspecified atom stereocenters. The van der Waals surface area contributed by atoms with Crippen LogP contribution in [0.4, 0.5) is 11.4 Å². The molecular weight excluding hydrogens is 272 g/mol. The number of aliphatic imine (C=N–C) groups is 1. The van der Waals surface area contributed by atoms with Crippen molar-refractivity contribution in [3.8, 4) is 0 Å². The van der Waals surface area contributed by atoms with Crippen LogP contribution < -0.4 is 19.3 Å². The van der Waals surface area contributed by atoms with Gasteiger partial charge in [0.05, 0.1) is 26.3 Å². The zero-order valence-corrected chi connectivity index (χ0v) is 11.6. The van der Waals surface area contributed by atoms with Crippen molar-refractivity contribution in [2.75, 3.05) is 5.32 Å². The van der Waals surface area contributed by atoms with Crippen molar-refractivity contribution in [1.29, 1.82) is 0 Å². The Bertz CT molecular complexity index is 515. The average molecular weight is 287 g/mol. The van der Waals surface area contributed by atoms with Gasteiger partial charge in [-0.1, -0.05) is 6.07 Å². The van der Waals surface area contributed by atoms with Crippen LogP contribution in [0.15, 0.2) is 35.0 Å². The Kier molecular flexibility index (Phi) is 5.04. The van der Waals surface area contributed by atoms with E-state index in [1.165, 1.54) is 5.56 Å². The predicted molar refractivity (Wildman–Crippen MR) is 63.5 cm³/mol. The summed E-state index contributed by atoms with van der Waals surface area (Å²) in [5, 5.41) is 3.34. The molecule has 1 aliphatic heterocycles. The number of anilines is 1. The third kappa shape index (κ3) is 6.32. The third-order valence-corrected chi connectivity index (χ3v) is 2.21. The molecule has 104 valence electrons. The van der Waals surface area contributed by atoms with E-state index in [0.29, 0.717) is 0 Å². The summed E-state index contributed by atoms with van der Waals surface area (Å²) in [6.07, 6.45) is 2.05. The molecule has 2 N–H and O–H groups in total. The van der Waals surface area contributed by atoms with Crippen LogP contribution in [0.3, 0.4) is 0 Å². The topological polar surface area (TPSA) is 114 Å². The molecule has 0 radical (unpaired) electrons. The molecule has 1 aliphatic rings. The average Bonchev–Trinajstić information content (AvgIpc) is 2.31. The second kappa shape index (κ2) is 6.14. The summed E-state index contributed by atoms with van der Waals surface area (Å²) in [4.78, 5) is 4.51. The first-order valence-corrected chi connectivity index (χ1v) is 6.66. The van der Waals surface area contributed by atoms with Crippen molar-refractivity contribution in [3.05, 3.63) is 35.5 Å². The van der Waals surface area contributed by atoms with Gasteiger partial charge in [-0.25, -0.2) is 0 Å². The smallest absolute Gasteiger partial charge is 0.0867 e. The maximum absolute atomic E-state index is 8.60. The first kappa shape index (κ1) is 15.6. The molecule has 0 saturated carbocycles. The molecule has 0 saturated heterocycles. The van der Waals surface area contributed by atoms with Gasteiger partial charge in [0.15, 0.2) is 0 Å². The van der Waals surface area contributed by atoms with Crippen LogP contribution >= 0.6 is 0 Å². The minimum atomic E-state index is -4.69. The van der Waals surface area contributed by atoms with Crippen LogP contribution in [0, 0.1) is 17.2 Å². The monoisotopic (exact) mass is 286 g/mol. The van der Waals surface area contributed by atoms with E-state index in [9.17, 15) is 0 Å². The van der Waals surface area contributed by atoms with Crippen LogP contribution in [0.2, 0.25) is 0 Å². The van der Waals surface area contributed by atoms with E-state index in [1.807, 2.05) is 13.0 Å². The van der Waals surface area contributed by atoms with E-state index in [4.69, 9.17) is 18.6 Å². The Labute approximate surface area is 113 Å². The summed E-state index contributed by atoms with van der Waals surface area (Å²) < 4.78 is 32.7. The Morgan fingerprint density at radius 2 is 1.74 bits per heavy atom. The molecule has 0 bridgehead atoms. The number of halogens is 1. The van der Waals surface area contributed by atoms with E-state index in [2.05, 4.69) is 42.4 Å². The summed E-state index contributed by atoms with van der Waals surface area (Å²) in [5.74, 6) is 0. The number of benzene rings is 1. The third-order valence-electron chi connectivity index (χ3n) is 2.21. The zero-order valence-electron chi connectivity index (χ0n) is 10.8. The van der Waals surface area contributed by atoms with Crippen molar-refractivity contribution in [2.24, 2.45) is 4.99 Å². The van der Waals surface area contributed by atoms with Gasteiger partial charge in [0.1, 0.15) is 0 Å². The Morgan fingerprint density at radius 1 is 1.16 bits per heavy atom. The quantitative estimate of drug-likeness (QED) is 0.654. The van der Waals surface area contributed by atoms with Crippen LogP contribution in [0.1, 0.15) is 19.4 Å². The summed E-state index contributed by atoms with van der Waals surface area (Å²) in [5.41, 5.74) is 5.53. The molecule has 6 nitrogen and oxygen atoms in total. The highest BCUT2D eigenvalue weighted by Gasteiger charge is 2.05. The lowest BCUT2D eigenvalue weighted by Gasteiger charge is -2.07. The van der Waals surface area contributed by atoms with Gasteiger partial charge in [0, 0.05) is 11.4 Å². The lowest BCUT2D eigenvalue weighted by atomic mass is 10.2. The minimum absolute atomic E-state index is 1.02. The first-order valence-electron chi connectivity index (χ1n) is 5.39. The second-order valence-electron chi connectivity index (χ2n) is 4.12. The molecule has 0 spiro atoms. The van der Waals surface area contributed by atoms with E-state index >= 15 is 0 Å². The SMILES string of the molecule is CC1=CC(C)=Nc2ccc(C)cc2N1.[O-][Cl+3]([O-])([O-])O. The molecular formula is C12H15ClN2O4. The predicted octanol–water partition coefficient (Wildman–Crippen LogP) is -0.707. The highest BCUT2D eigenvalue weighted by molar-refractivity contribution is 5.98. The molecule has 0 aliphatic carbocycles. The van der Waals surface area contributed by atoms with Crippen molar-refractivity contribution < 1.29 is 28.9 Å². The largest absolute Gasteiger partial charge is 0.357 e. The van der Waals surface area contributed by atoms with E-state index < -0.39 is 10.2 Å². The van der Waals surface area contributed by atoms with Gasteiger partial charge >= 0.3 is 0 Å². The molecule has 19 heavy (non-hydrogen) atoms. The van der Waals surface area contributed by atoms with Crippen molar-refractivity contribution >= 4 is 17.1 Å². The summed E-state index contributed by atoms with van der Waals surface area (Å²) >= 11 is 0. The maximum Gasteiger partial charge on any atom is 0.0867 e. The van der Waals surface area contributed by atoms with Crippen LogP contribution in [-0.4, -0.2) is 10.4 Å². The number of allylic oxidation sites excluding steroid dienone is 2. The van der Waals surface area contributed by atoms with Gasteiger partial charge in [-0.2, -0.15) is 14.0 Å². The molecule has 0 fully saturated rings. The molecule has 1 aromatic carbocycles. The molecule has 1 heterocycles. The standard InChI is InChI=1S/C12H14N2.ClHO4/c1-8-4-5-11-12(6-8)14-10(3)7-9(2)13-11;2-1(3,4)5/h4-7,14H,1-3H3;(H,2,3,4,5). The van der Waals surface area contributed by atoms with E-state index in [-0.39, 0.29) is 0 Å². The number of hydrogen-bond acceptors (Lipinski definition) is 6. The fraction of sp³-hybridized carbons (Fsp3) is 0.250. The van der Waals surface area contributed by atoms with Crippen molar-refractivity contribution in [1.82, 2.24) is 0 Å². The molecule has 0 atom stereocenters. The van der Waals surface area contributed by atoms with Gasteiger partial charge < -0.3 is 5.32 Å².